The molecule has 2 amide bonds. The molecule has 3 heterocycles. The molecule has 0 aliphatic heterocycles. The molecule has 9 nitrogen and oxygen atoms in total. The Kier molecular flexibility index (Phi) is 6.92. The fourth-order valence-electron chi connectivity index (χ4n) is 3.54. The molecule has 36 heavy (non-hydrogen) atoms. The summed E-state index contributed by atoms with van der Waals surface area (Å²) in [5.41, 5.74) is 5.89. The largest absolute Gasteiger partial charge is 0.333 e. The fraction of sp³-hybridized carbons (Fsp3) is 0.160. The van der Waals surface area contributed by atoms with Crippen LogP contribution in [0.2, 0.25) is 0 Å². The van der Waals surface area contributed by atoms with Gasteiger partial charge >= 0.3 is 0 Å². The van der Waals surface area contributed by atoms with E-state index >= 15 is 0 Å². The Morgan fingerprint density at radius 3 is 1.67 bits per heavy atom. The standard InChI is InChI=1S/C25H23N7O2S2/c1-14-6-8-16-18(10-14)28-24(26-16)35-12-22(33)31-20-4-3-5-21(30-20)32-23(34)13-36-25-27-17-9-7-15(2)11-19(17)29-25/h3-11H,12-13H2,1-2H3,(H,26,28)(H,27,29)(H2,30,31,32,33,34). The van der Waals surface area contributed by atoms with Crippen molar-refractivity contribution in [2.75, 3.05) is 22.1 Å². The number of imidazole rings is 2. The Balaban J connectivity index is 1.12. The Hall–Kier alpha value is -3.83. The van der Waals surface area contributed by atoms with Crippen molar-refractivity contribution in [2.24, 2.45) is 0 Å². The highest BCUT2D eigenvalue weighted by molar-refractivity contribution is 8.00. The molecule has 2 aromatic carbocycles. The summed E-state index contributed by atoms with van der Waals surface area (Å²) in [7, 11) is 0. The number of nitrogens with one attached hydrogen (secondary N) is 4. The summed E-state index contributed by atoms with van der Waals surface area (Å²) in [5, 5.41) is 6.88. The second kappa shape index (κ2) is 10.4. The molecule has 5 aromatic rings. The van der Waals surface area contributed by atoms with Crippen LogP contribution in [0.25, 0.3) is 22.1 Å². The predicted octanol–water partition coefficient (Wildman–Crippen LogP) is 4.91. The van der Waals surface area contributed by atoms with E-state index in [0.717, 1.165) is 33.2 Å². The third-order valence-electron chi connectivity index (χ3n) is 5.20. The molecule has 0 unspecified atom stereocenters. The molecule has 4 N–H and O–H groups in total. The van der Waals surface area contributed by atoms with E-state index in [0.29, 0.717) is 21.9 Å². The van der Waals surface area contributed by atoms with E-state index in [1.54, 1.807) is 18.2 Å². The van der Waals surface area contributed by atoms with E-state index < -0.39 is 0 Å². The number of anilines is 2. The van der Waals surface area contributed by atoms with Crippen molar-refractivity contribution < 1.29 is 9.59 Å². The molecular formula is C25H23N7O2S2. The zero-order valence-corrected chi connectivity index (χ0v) is 21.2. The summed E-state index contributed by atoms with van der Waals surface area (Å²) in [6.45, 7) is 4.04. The van der Waals surface area contributed by atoms with Crippen molar-refractivity contribution >= 4 is 69.0 Å². The number of pyridine rings is 1. The molecule has 0 spiro atoms. The van der Waals surface area contributed by atoms with Crippen LogP contribution in [0.4, 0.5) is 11.6 Å². The maximum atomic E-state index is 12.4. The van der Waals surface area contributed by atoms with E-state index in [4.69, 9.17) is 0 Å². The van der Waals surface area contributed by atoms with Crippen LogP contribution in [-0.4, -0.2) is 48.2 Å². The monoisotopic (exact) mass is 517 g/mol. The van der Waals surface area contributed by atoms with Crippen LogP contribution in [0.1, 0.15) is 11.1 Å². The average molecular weight is 518 g/mol. The molecule has 0 bridgehead atoms. The number of H-pyrrole nitrogens is 2. The van der Waals surface area contributed by atoms with Gasteiger partial charge in [0.25, 0.3) is 0 Å². The molecule has 11 heteroatoms. The second-order valence-corrected chi connectivity index (χ2v) is 10.1. The minimum absolute atomic E-state index is 0.171. The van der Waals surface area contributed by atoms with Crippen LogP contribution in [0.3, 0.4) is 0 Å². The summed E-state index contributed by atoms with van der Waals surface area (Å²) in [5.74, 6) is 0.625. The number of rotatable bonds is 8. The van der Waals surface area contributed by atoms with Crippen LogP contribution < -0.4 is 10.6 Å². The van der Waals surface area contributed by atoms with Crippen molar-refractivity contribution in [1.29, 1.82) is 0 Å². The molecule has 0 saturated heterocycles. The lowest BCUT2D eigenvalue weighted by atomic mass is 10.2. The zero-order valence-electron chi connectivity index (χ0n) is 19.6. The average Bonchev–Trinajstić information content (AvgIpc) is 3.44. The minimum atomic E-state index is -0.219. The Bertz CT molecular complexity index is 1460. The van der Waals surface area contributed by atoms with Gasteiger partial charge in [-0.2, -0.15) is 0 Å². The van der Waals surface area contributed by atoms with E-state index in [1.807, 2.05) is 50.2 Å². The lowest BCUT2D eigenvalue weighted by Crippen LogP contribution is -2.18. The number of thioether (sulfide) groups is 2. The molecule has 0 aliphatic rings. The van der Waals surface area contributed by atoms with Gasteiger partial charge in [-0.1, -0.05) is 41.7 Å². The maximum Gasteiger partial charge on any atom is 0.236 e. The Morgan fingerprint density at radius 1 is 0.722 bits per heavy atom. The lowest BCUT2D eigenvalue weighted by molar-refractivity contribution is -0.114. The highest BCUT2D eigenvalue weighted by Crippen LogP contribution is 2.22. The minimum Gasteiger partial charge on any atom is -0.333 e. The van der Waals surface area contributed by atoms with Gasteiger partial charge in [-0.05, 0) is 61.4 Å². The molecule has 0 aliphatic carbocycles. The van der Waals surface area contributed by atoms with E-state index in [9.17, 15) is 9.59 Å². The van der Waals surface area contributed by atoms with Crippen molar-refractivity contribution in [3.63, 3.8) is 0 Å². The molecule has 5 rings (SSSR count). The molecule has 0 saturated carbocycles. The third kappa shape index (κ3) is 5.86. The topological polar surface area (TPSA) is 128 Å². The Morgan fingerprint density at radius 2 is 1.19 bits per heavy atom. The quantitative estimate of drug-likeness (QED) is 0.215. The second-order valence-electron chi connectivity index (χ2n) is 8.21. The molecule has 182 valence electrons. The fourth-order valence-corrected chi connectivity index (χ4v) is 4.91. The van der Waals surface area contributed by atoms with E-state index in [1.165, 1.54) is 23.5 Å². The van der Waals surface area contributed by atoms with Crippen molar-refractivity contribution in [3.8, 4) is 0 Å². The van der Waals surface area contributed by atoms with Gasteiger partial charge in [-0.15, -0.1) is 0 Å². The van der Waals surface area contributed by atoms with Crippen LogP contribution in [-0.2, 0) is 9.59 Å². The van der Waals surface area contributed by atoms with Crippen LogP contribution in [0.5, 0.6) is 0 Å². The molecule has 0 radical (unpaired) electrons. The van der Waals surface area contributed by atoms with Gasteiger partial charge in [0, 0.05) is 0 Å². The van der Waals surface area contributed by atoms with Gasteiger partial charge in [0.15, 0.2) is 10.3 Å². The first-order chi connectivity index (χ1) is 17.4. The first-order valence-electron chi connectivity index (χ1n) is 11.2. The van der Waals surface area contributed by atoms with Gasteiger partial charge < -0.3 is 20.6 Å². The number of aromatic amines is 2. The van der Waals surface area contributed by atoms with Gasteiger partial charge in [-0.25, -0.2) is 15.0 Å². The lowest BCUT2D eigenvalue weighted by Gasteiger charge is -2.07. The van der Waals surface area contributed by atoms with Gasteiger partial charge in [0.1, 0.15) is 11.6 Å². The number of amides is 2. The van der Waals surface area contributed by atoms with Crippen LogP contribution in [0, 0.1) is 13.8 Å². The number of aromatic nitrogens is 5. The smallest absolute Gasteiger partial charge is 0.236 e. The Labute approximate surface area is 215 Å². The number of hydrogen-bond acceptors (Lipinski definition) is 7. The summed E-state index contributed by atoms with van der Waals surface area (Å²) in [6, 6.07) is 17.0. The number of fused-ring (bicyclic) bond motifs is 2. The first-order valence-corrected chi connectivity index (χ1v) is 13.1. The summed E-state index contributed by atoms with van der Waals surface area (Å²) >= 11 is 2.63. The number of carbonyl (C=O) groups excluding carboxylic acids is 2. The molecule has 0 fully saturated rings. The van der Waals surface area contributed by atoms with Crippen LogP contribution in [0.15, 0.2) is 64.9 Å². The highest BCUT2D eigenvalue weighted by Gasteiger charge is 2.11. The van der Waals surface area contributed by atoms with Crippen molar-refractivity contribution in [1.82, 2.24) is 24.9 Å². The summed E-state index contributed by atoms with van der Waals surface area (Å²) < 4.78 is 0. The zero-order chi connectivity index (χ0) is 25.1. The van der Waals surface area contributed by atoms with E-state index in [-0.39, 0.29) is 23.3 Å². The highest BCUT2D eigenvalue weighted by atomic mass is 32.2. The summed E-state index contributed by atoms with van der Waals surface area (Å²) in [6.07, 6.45) is 0. The van der Waals surface area contributed by atoms with Crippen LogP contribution >= 0.6 is 23.5 Å². The van der Waals surface area contributed by atoms with Crippen molar-refractivity contribution in [3.05, 3.63) is 65.7 Å². The number of nitrogens with zero attached hydrogens (tertiary/aromatic N) is 3. The normalized spacial score (nSPS) is 11.2. The number of aryl methyl sites for hydroxylation is 2. The predicted molar refractivity (Wildman–Crippen MR) is 145 cm³/mol. The molecule has 0 atom stereocenters. The SMILES string of the molecule is Cc1ccc2nc(SCC(=O)Nc3cccc(NC(=O)CSc4nc5ccc(C)cc5[nH]4)n3)[nH]c2c1. The molecule has 3 aromatic heterocycles. The van der Waals surface area contributed by atoms with Crippen molar-refractivity contribution in [2.45, 2.75) is 24.2 Å². The first kappa shape index (κ1) is 23.9. The third-order valence-corrected chi connectivity index (χ3v) is 6.94. The van der Waals surface area contributed by atoms with Gasteiger partial charge in [0.2, 0.25) is 11.8 Å². The number of carbonyl (C=O) groups is 2. The molecular weight excluding hydrogens is 494 g/mol. The summed E-state index contributed by atoms with van der Waals surface area (Å²) in [4.78, 5) is 44.6. The van der Waals surface area contributed by atoms with Gasteiger partial charge in [0.05, 0.1) is 33.6 Å². The number of benzene rings is 2. The van der Waals surface area contributed by atoms with E-state index in [2.05, 4.69) is 35.6 Å². The number of hydrogen-bond donors (Lipinski definition) is 4. The van der Waals surface area contributed by atoms with Gasteiger partial charge in [-0.3, -0.25) is 9.59 Å². The maximum absolute atomic E-state index is 12.4.